The van der Waals surface area contributed by atoms with Crippen LogP contribution in [0.15, 0.2) is 66.7 Å². The highest BCUT2D eigenvalue weighted by molar-refractivity contribution is 6.31. The Morgan fingerprint density at radius 2 is 1.69 bits per heavy atom. The third kappa shape index (κ3) is 6.56. The lowest BCUT2D eigenvalue weighted by atomic mass is 10.1. The molecule has 0 aliphatic carbocycles. The molecule has 2 N–H and O–H groups in total. The van der Waals surface area contributed by atoms with Gasteiger partial charge in [-0.15, -0.1) is 0 Å². The highest BCUT2D eigenvalue weighted by atomic mass is 35.5. The minimum absolute atomic E-state index is 0.119. The second kappa shape index (κ2) is 11.5. The summed E-state index contributed by atoms with van der Waals surface area (Å²) in [7, 11) is 0. The number of nitrogens with zero attached hydrogens (tertiary/aromatic N) is 1. The van der Waals surface area contributed by atoms with E-state index >= 15 is 0 Å². The van der Waals surface area contributed by atoms with Crippen LogP contribution in [0.3, 0.4) is 0 Å². The Morgan fingerprint density at radius 3 is 2.42 bits per heavy atom. The molecule has 7 nitrogen and oxygen atoms in total. The van der Waals surface area contributed by atoms with Crippen LogP contribution >= 0.6 is 23.2 Å². The van der Waals surface area contributed by atoms with Gasteiger partial charge in [-0.05, 0) is 66.6 Å². The van der Waals surface area contributed by atoms with Gasteiger partial charge in [-0.1, -0.05) is 41.4 Å². The maximum atomic E-state index is 12.6. The van der Waals surface area contributed by atoms with E-state index in [4.69, 9.17) is 27.9 Å². The molecule has 3 aromatic rings. The number of ether oxygens (including phenoxy) is 1. The number of amides is 3. The van der Waals surface area contributed by atoms with Crippen LogP contribution in [0.4, 0.5) is 11.4 Å². The molecular formula is C27H25Cl2N3O4. The molecule has 1 aliphatic rings. The molecule has 0 aromatic heterocycles. The Morgan fingerprint density at radius 1 is 1.00 bits per heavy atom. The van der Waals surface area contributed by atoms with Crippen molar-refractivity contribution in [1.82, 2.24) is 5.32 Å². The van der Waals surface area contributed by atoms with Crippen molar-refractivity contribution < 1.29 is 19.1 Å². The molecule has 0 spiro atoms. The summed E-state index contributed by atoms with van der Waals surface area (Å²) in [5.41, 5.74) is 3.12. The van der Waals surface area contributed by atoms with Gasteiger partial charge in [0.05, 0.1) is 5.92 Å². The van der Waals surface area contributed by atoms with E-state index < -0.39 is 5.92 Å². The van der Waals surface area contributed by atoms with Gasteiger partial charge in [0, 0.05) is 40.9 Å². The van der Waals surface area contributed by atoms with Crippen molar-refractivity contribution in [2.45, 2.75) is 19.9 Å². The maximum Gasteiger partial charge on any atom is 0.262 e. The number of carbonyl (C=O) groups is 3. The molecule has 36 heavy (non-hydrogen) atoms. The molecule has 186 valence electrons. The standard InChI is InChI=1S/C27H25Cl2N3O4/c1-17-2-5-21(29)13-24(17)31-25(33)16-36-23-10-8-22(9-11-23)32-15-19(12-26(32)34)27(35)30-14-18-3-6-20(28)7-4-18/h2-11,13,19H,12,14-16H2,1H3,(H,30,35)(H,31,33)/t19-/m1/s1. The molecule has 0 radical (unpaired) electrons. The molecular weight excluding hydrogens is 501 g/mol. The lowest BCUT2D eigenvalue weighted by Gasteiger charge is -2.17. The number of nitrogens with one attached hydrogen (secondary N) is 2. The van der Waals surface area contributed by atoms with Crippen molar-refractivity contribution in [2.24, 2.45) is 5.92 Å². The van der Waals surface area contributed by atoms with Gasteiger partial charge in [-0.25, -0.2) is 0 Å². The van der Waals surface area contributed by atoms with Gasteiger partial charge in [0.1, 0.15) is 5.75 Å². The average molecular weight is 526 g/mol. The van der Waals surface area contributed by atoms with E-state index in [0.717, 1.165) is 11.1 Å². The summed E-state index contributed by atoms with van der Waals surface area (Å²) in [6, 6.07) is 19.3. The van der Waals surface area contributed by atoms with Crippen LogP contribution in [0.2, 0.25) is 10.0 Å². The van der Waals surface area contributed by atoms with E-state index in [1.807, 2.05) is 25.1 Å². The molecule has 0 saturated carbocycles. The van der Waals surface area contributed by atoms with Crippen molar-refractivity contribution in [2.75, 3.05) is 23.4 Å². The zero-order valence-corrected chi connectivity index (χ0v) is 21.1. The quantitative estimate of drug-likeness (QED) is 0.433. The number of carbonyl (C=O) groups excluding carboxylic acids is 3. The first-order chi connectivity index (χ1) is 17.3. The lowest BCUT2D eigenvalue weighted by molar-refractivity contribution is -0.126. The Kier molecular flexibility index (Phi) is 8.13. The van der Waals surface area contributed by atoms with Crippen LogP contribution < -0.4 is 20.3 Å². The van der Waals surface area contributed by atoms with Gasteiger partial charge in [0.25, 0.3) is 5.91 Å². The van der Waals surface area contributed by atoms with Gasteiger partial charge in [-0.2, -0.15) is 0 Å². The third-order valence-corrected chi connectivity index (χ3v) is 6.35. The number of hydrogen-bond donors (Lipinski definition) is 2. The van der Waals surface area contributed by atoms with Crippen LogP contribution in [0.1, 0.15) is 17.5 Å². The number of anilines is 2. The first-order valence-electron chi connectivity index (χ1n) is 11.4. The summed E-state index contributed by atoms with van der Waals surface area (Å²) in [6.07, 6.45) is 0.147. The SMILES string of the molecule is Cc1ccc(Cl)cc1NC(=O)COc1ccc(N2C[C@H](C(=O)NCc3ccc(Cl)cc3)CC2=O)cc1. The fraction of sp³-hybridized carbons (Fsp3) is 0.222. The van der Waals surface area contributed by atoms with E-state index in [9.17, 15) is 14.4 Å². The summed E-state index contributed by atoms with van der Waals surface area (Å²) in [4.78, 5) is 39.0. The summed E-state index contributed by atoms with van der Waals surface area (Å²) in [6.45, 7) is 2.37. The Hall–Kier alpha value is -3.55. The van der Waals surface area contributed by atoms with Crippen molar-refractivity contribution in [3.63, 3.8) is 0 Å². The van der Waals surface area contributed by atoms with E-state index in [1.165, 1.54) is 0 Å². The van der Waals surface area contributed by atoms with Gasteiger partial charge < -0.3 is 20.3 Å². The molecule has 1 atom stereocenters. The molecule has 1 saturated heterocycles. The fourth-order valence-electron chi connectivity index (χ4n) is 3.85. The molecule has 0 unspecified atom stereocenters. The molecule has 1 aliphatic heterocycles. The highest BCUT2D eigenvalue weighted by Gasteiger charge is 2.35. The lowest BCUT2D eigenvalue weighted by Crippen LogP contribution is -2.32. The molecule has 9 heteroatoms. The topological polar surface area (TPSA) is 87.7 Å². The van der Waals surface area contributed by atoms with Crippen LogP contribution in [0.25, 0.3) is 0 Å². The Labute approximate surface area is 219 Å². The van der Waals surface area contributed by atoms with Gasteiger partial charge >= 0.3 is 0 Å². The van der Waals surface area contributed by atoms with E-state index in [-0.39, 0.29) is 30.7 Å². The zero-order chi connectivity index (χ0) is 25.7. The minimum atomic E-state index is -0.431. The first-order valence-corrected chi connectivity index (χ1v) is 12.2. The molecule has 0 bridgehead atoms. The summed E-state index contributed by atoms with van der Waals surface area (Å²) in [5.74, 6) is -0.542. The smallest absolute Gasteiger partial charge is 0.262 e. The normalized spacial score (nSPS) is 15.0. The predicted molar refractivity (Wildman–Crippen MR) is 141 cm³/mol. The van der Waals surface area contributed by atoms with Gasteiger partial charge in [-0.3, -0.25) is 14.4 Å². The predicted octanol–water partition coefficient (Wildman–Crippen LogP) is 4.99. The van der Waals surface area contributed by atoms with Crippen LogP contribution in [0.5, 0.6) is 5.75 Å². The molecule has 3 amide bonds. The fourth-order valence-corrected chi connectivity index (χ4v) is 4.15. The molecule has 3 aromatic carbocycles. The second-order valence-corrected chi connectivity index (χ2v) is 9.41. The van der Waals surface area contributed by atoms with Crippen LogP contribution in [-0.2, 0) is 20.9 Å². The minimum Gasteiger partial charge on any atom is -0.484 e. The summed E-state index contributed by atoms with van der Waals surface area (Å²) >= 11 is 11.9. The van der Waals surface area contributed by atoms with E-state index in [2.05, 4.69) is 10.6 Å². The average Bonchev–Trinajstić information content (AvgIpc) is 3.26. The second-order valence-electron chi connectivity index (χ2n) is 8.54. The number of halogens is 2. The van der Waals surface area contributed by atoms with Crippen molar-refractivity contribution in [3.8, 4) is 5.75 Å². The largest absolute Gasteiger partial charge is 0.484 e. The zero-order valence-electron chi connectivity index (χ0n) is 19.6. The Balaban J connectivity index is 1.27. The summed E-state index contributed by atoms with van der Waals surface area (Å²) < 4.78 is 5.57. The van der Waals surface area contributed by atoms with Crippen molar-refractivity contribution in [3.05, 3.63) is 87.9 Å². The number of benzene rings is 3. The third-order valence-electron chi connectivity index (χ3n) is 5.87. The van der Waals surface area contributed by atoms with E-state index in [1.54, 1.807) is 53.4 Å². The van der Waals surface area contributed by atoms with E-state index in [0.29, 0.717) is 40.3 Å². The maximum absolute atomic E-state index is 12.6. The number of hydrogen-bond acceptors (Lipinski definition) is 4. The Bertz CT molecular complexity index is 1260. The van der Waals surface area contributed by atoms with Crippen LogP contribution in [-0.4, -0.2) is 30.9 Å². The van der Waals surface area contributed by atoms with Gasteiger partial charge in [0.15, 0.2) is 6.61 Å². The van der Waals surface area contributed by atoms with Gasteiger partial charge in [0.2, 0.25) is 11.8 Å². The number of aryl methyl sites for hydroxylation is 1. The molecule has 1 fully saturated rings. The van der Waals surface area contributed by atoms with Crippen molar-refractivity contribution in [1.29, 1.82) is 0 Å². The molecule has 4 rings (SSSR count). The summed E-state index contributed by atoms with van der Waals surface area (Å²) in [5, 5.41) is 6.83. The molecule has 1 heterocycles. The first kappa shape index (κ1) is 25.5. The van der Waals surface area contributed by atoms with Crippen LogP contribution in [0, 0.1) is 12.8 Å². The van der Waals surface area contributed by atoms with Crippen molar-refractivity contribution >= 4 is 52.3 Å². The highest BCUT2D eigenvalue weighted by Crippen LogP contribution is 2.27. The number of rotatable bonds is 8. The monoisotopic (exact) mass is 525 g/mol.